The molecule has 0 amide bonds. The number of pyridine rings is 1. The van der Waals surface area contributed by atoms with Gasteiger partial charge in [-0.15, -0.1) is 0 Å². The molecule has 0 aliphatic heterocycles. The van der Waals surface area contributed by atoms with Crippen molar-refractivity contribution in [2.75, 3.05) is 7.05 Å². The standard InChI is InChI=1S/C10H9ClF3N3/c1-16-8(6-2-4-17-5-3-6)7(11)9(15)10(12,13)14/h2-5H,15H2,1H3. The van der Waals surface area contributed by atoms with Gasteiger partial charge in [0, 0.05) is 25.0 Å². The summed E-state index contributed by atoms with van der Waals surface area (Å²) in [5, 5.41) is -0.619. The first-order valence-electron chi connectivity index (χ1n) is 4.48. The van der Waals surface area contributed by atoms with E-state index >= 15 is 0 Å². The van der Waals surface area contributed by atoms with Crippen molar-refractivity contribution in [2.24, 2.45) is 10.7 Å². The third kappa shape index (κ3) is 3.20. The van der Waals surface area contributed by atoms with Crippen LogP contribution in [0.2, 0.25) is 0 Å². The van der Waals surface area contributed by atoms with Crippen LogP contribution < -0.4 is 5.73 Å². The highest BCUT2D eigenvalue weighted by Gasteiger charge is 2.35. The second kappa shape index (κ2) is 5.18. The maximum atomic E-state index is 12.4. The summed E-state index contributed by atoms with van der Waals surface area (Å²) in [5.74, 6) is 0. The van der Waals surface area contributed by atoms with Crippen molar-refractivity contribution in [3.8, 4) is 0 Å². The Bertz CT molecular complexity index is 452. The molecule has 0 radical (unpaired) electrons. The molecule has 92 valence electrons. The van der Waals surface area contributed by atoms with Gasteiger partial charge in [-0.1, -0.05) is 11.6 Å². The Morgan fingerprint density at radius 2 is 1.88 bits per heavy atom. The van der Waals surface area contributed by atoms with Gasteiger partial charge in [-0.05, 0) is 12.1 Å². The van der Waals surface area contributed by atoms with Gasteiger partial charge in [0.15, 0.2) is 0 Å². The van der Waals surface area contributed by atoms with Gasteiger partial charge in [-0.25, -0.2) is 0 Å². The number of rotatable bonds is 2. The number of aromatic nitrogens is 1. The molecule has 17 heavy (non-hydrogen) atoms. The van der Waals surface area contributed by atoms with Gasteiger partial charge in [0.25, 0.3) is 0 Å². The van der Waals surface area contributed by atoms with Crippen LogP contribution in [-0.4, -0.2) is 23.9 Å². The van der Waals surface area contributed by atoms with Crippen LogP contribution in [0.5, 0.6) is 0 Å². The molecular weight excluding hydrogens is 255 g/mol. The highest BCUT2D eigenvalue weighted by molar-refractivity contribution is 6.46. The minimum absolute atomic E-state index is 0.0242. The van der Waals surface area contributed by atoms with Crippen molar-refractivity contribution < 1.29 is 13.2 Å². The number of nitrogens with two attached hydrogens (primary N) is 1. The zero-order valence-electron chi connectivity index (χ0n) is 8.79. The van der Waals surface area contributed by atoms with E-state index in [1.807, 2.05) is 0 Å². The van der Waals surface area contributed by atoms with E-state index in [9.17, 15) is 13.2 Å². The van der Waals surface area contributed by atoms with Crippen molar-refractivity contribution in [1.29, 1.82) is 0 Å². The largest absolute Gasteiger partial charge is 0.432 e. The molecule has 1 aromatic rings. The molecular formula is C10H9ClF3N3. The average Bonchev–Trinajstić information content (AvgIpc) is 2.29. The number of allylic oxidation sites excluding steroid dienone is 2. The molecule has 0 unspecified atom stereocenters. The zero-order valence-corrected chi connectivity index (χ0v) is 9.55. The second-order valence-electron chi connectivity index (χ2n) is 3.03. The fourth-order valence-electron chi connectivity index (χ4n) is 1.12. The van der Waals surface area contributed by atoms with Crippen LogP contribution in [0, 0.1) is 0 Å². The normalized spacial score (nSPS) is 14.5. The van der Waals surface area contributed by atoms with Crippen LogP contribution in [0.25, 0.3) is 0 Å². The Labute approximate surface area is 101 Å². The van der Waals surface area contributed by atoms with E-state index in [2.05, 4.69) is 9.98 Å². The molecule has 0 spiro atoms. The Morgan fingerprint density at radius 3 is 2.29 bits per heavy atom. The molecule has 2 N–H and O–H groups in total. The van der Waals surface area contributed by atoms with Crippen molar-refractivity contribution in [2.45, 2.75) is 6.18 Å². The van der Waals surface area contributed by atoms with E-state index < -0.39 is 16.9 Å². The van der Waals surface area contributed by atoms with Gasteiger partial charge in [-0.3, -0.25) is 9.98 Å². The van der Waals surface area contributed by atoms with Crippen LogP contribution in [0.3, 0.4) is 0 Å². The van der Waals surface area contributed by atoms with Crippen LogP contribution in [-0.2, 0) is 0 Å². The summed E-state index contributed by atoms with van der Waals surface area (Å²) >= 11 is 5.60. The fraction of sp³-hybridized carbons (Fsp3) is 0.200. The highest BCUT2D eigenvalue weighted by atomic mass is 35.5. The number of hydrogen-bond donors (Lipinski definition) is 1. The lowest BCUT2D eigenvalue weighted by Crippen LogP contribution is -2.23. The number of alkyl halides is 3. The molecule has 0 fully saturated rings. The van der Waals surface area contributed by atoms with E-state index in [4.69, 9.17) is 17.3 Å². The average molecular weight is 264 g/mol. The van der Waals surface area contributed by atoms with Crippen LogP contribution in [0.1, 0.15) is 5.56 Å². The molecule has 0 bridgehead atoms. The van der Waals surface area contributed by atoms with E-state index in [1.54, 1.807) is 0 Å². The SMILES string of the molecule is CN=C(C(Cl)=C(N)C(F)(F)F)c1ccncc1. The van der Waals surface area contributed by atoms with Gasteiger partial charge in [0.2, 0.25) is 0 Å². The molecule has 0 aromatic carbocycles. The topological polar surface area (TPSA) is 51.3 Å². The van der Waals surface area contributed by atoms with Crippen molar-refractivity contribution in [3.05, 3.63) is 40.8 Å². The highest BCUT2D eigenvalue weighted by Crippen LogP contribution is 2.27. The first-order valence-corrected chi connectivity index (χ1v) is 4.85. The Balaban J connectivity index is 3.24. The summed E-state index contributed by atoms with van der Waals surface area (Å²) in [5.41, 5.74) is 3.96. The number of hydrogen-bond acceptors (Lipinski definition) is 3. The van der Waals surface area contributed by atoms with Crippen molar-refractivity contribution in [3.63, 3.8) is 0 Å². The monoisotopic (exact) mass is 263 g/mol. The molecule has 1 heterocycles. The number of aliphatic imine (C=N–C) groups is 1. The molecule has 3 nitrogen and oxygen atoms in total. The van der Waals surface area contributed by atoms with E-state index in [-0.39, 0.29) is 5.71 Å². The fourth-order valence-corrected chi connectivity index (χ4v) is 1.42. The van der Waals surface area contributed by atoms with E-state index in [1.165, 1.54) is 31.6 Å². The number of nitrogens with zero attached hydrogens (tertiary/aromatic N) is 2. The molecule has 7 heteroatoms. The third-order valence-electron chi connectivity index (χ3n) is 1.93. The van der Waals surface area contributed by atoms with Crippen molar-refractivity contribution >= 4 is 17.3 Å². The molecule has 0 aliphatic carbocycles. The number of halogens is 4. The lowest BCUT2D eigenvalue weighted by molar-refractivity contribution is -0.0927. The molecule has 0 saturated heterocycles. The maximum Gasteiger partial charge on any atom is 0.432 e. The van der Waals surface area contributed by atoms with E-state index in [0.29, 0.717) is 5.56 Å². The van der Waals surface area contributed by atoms with Gasteiger partial charge in [0.1, 0.15) is 5.70 Å². The first kappa shape index (κ1) is 13.5. The van der Waals surface area contributed by atoms with E-state index in [0.717, 1.165) is 0 Å². The summed E-state index contributed by atoms with van der Waals surface area (Å²) in [6.45, 7) is 0. The summed E-state index contributed by atoms with van der Waals surface area (Å²) in [6.07, 6.45) is -1.83. The maximum absolute atomic E-state index is 12.4. The quantitative estimate of drug-likeness (QED) is 0.834. The van der Waals surface area contributed by atoms with Gasteiger partial charge >= 0.3 is 6.18 Å². The summed E-state index contributed by atoms with van der Waals surface area (Å²) in [6, 6.07) is 2.99. The molecule has 1 rings (SSSR count). The lowest BCUT2D eigenvalue weighted by Gasteiger charge is -2.11. The molecule has 0 aliphatic rings. The minimum Gasteiger partial charge on any atom is -0.393 e. The lowest BCUT2D eigenvalue weighted by atomic mass is 10.1. The van der Waals surface area contributed by atoms with Crippen molar-refractivity contribution in [1.82, 2.24) is 4.98 Å². The smallest absolute Gasteiger partial charge is 0.393 e. The zero-order chi connectivity index (χ0) is 13.1. The molecule has 0 atom stereocenters. The summed E-state index contributed by atoms with van der Waals surface area (Å²) < 4.78 is 37.1. The van der Waals surface area contributed by atoms with Gasteiger partial charge < -0.3 is 5.73 Å². The summed E-state index contributed by atoms with van der Waals surface area (Å²) in [7, 11) is 1.34. The van der Waals surface area contributed by atoms with Crippen LogP contribution in [0.4, 0.5) is 13.2 Å². The Kier molecular flexibility index (Phi) is 4.11. The second-order valence-corrected chi connectivity index (χ2v) is 3.41. The molecule has 0 saturated carbocycles. The Morgan fingerprint density at radius 1 is 1.35 bits per heavy atom. The predicted octanol–water partition coefficient (Wildman–Crippen LogP) is 2.47. The first-order chi connectivity index (χ1) is 7.88. The van der Waals surface area contributed by atoms with Crippen LogP contribution in [0.15, 0.2) is 40.2 Å². The third-order valence-corrected chi connectivity index (χ3v) is 2.31. The predicted molar refractivity (Wildman–Crippen MR) is 59.8 cm³/mol. The minimum atomic E-state index is -4.68. The van der Waals surface area contributed by atoms with Gasteiger partial charge in [0.05, 0.1) is 10.7 Å². The molecule has 1 aromatic heterocycles. The Hall–Kier alpha value is -1.56. The van der Waals surface area contributed by atoms with Crippen LogP contribution >= 0.6 is 11.6 Å². The summed E-state index contributed by atoms with van der Waals surface area (Å²) in [4.78, 5) is 7.46. The van der Waals surface area contributed by atoms with Gasteiger partial charge in [-0.2, -0.15) is 13.2 Å².